The molecular weight excluding hydrogens is 380 g/mol. The van der Waals surface area contributed by atoms with Gasteiger partial charge < -0.3 is 19.4 Å². The molecule has 7 nitrogen and oxygen atoms in total. The fourth-order valence-electron chi connectivity index (χ4n) is 3.70. The Kier molecular flexibility index (Phi) is 6.59. The minimum atomic E-state index is -0.188. The van der Waals surface area contributed by atoms with Crippen LogP contribution < -0.4 is 15.0 Å². The third-order valence-electron chi connectivity index (χ3n) is 5.25. The largest absolute Gasteiger partial charge is 0.469 e. The second-order valence-electron chi connectivity index (χ2n) is 7.33. The molecule has 1 aliphatic heterocycles. The number of amides is 1. The van der Waals surface area contributed by atoms with Gasteiger partial charge in [0.1, 0.15) is 5.76 Å². The van der Waals surface area contributed by atoms with E-state index in [4.69, 9.17) is 9.15 Å². The lowest BCUT2D eigenvalue weighted by Crippen LogP contribution is -2.30. The zero-order valence-corrected chi connectivity index (χ0v) is 16.9. The van der Waals surface area contributed by atoms with E-state index in [0.29, 0.717) is 12.4 Å². The van der Waals surface area contributed by atoms with Crippen molar-refractivity contribution < 1.29 is 13.9 Å². The quantitative estimate of drug-likeness (QED) is 0.587. The first-order valence-corrected chi connectivity index (χ1v) is 10.4. The second kappa shape index (κ2) is 9.91. The van der Waals surface area contributed by atoms with Crippen LogP contribution in [-0.4, -0.2) is 42.3 Å². The van der Waals surface area contributed by atoms with Gasteiger partial charge in [-0.15, -0.1) is 10.2 Å². The Bertz CT molecular complexity index is 907. The number of carbonyl (C=O) groups is 1. The van der Waals surface area contributed by atoms with Crippen LogP contribution in [0.15, 0.2) is 65.3 Å². The number of hydrogen-bond donors (Lipinski definition) is 1. The van der Waals surface area contributed by atoms with E-state index < -0.39 is 0 Å². The average molecular weight is 406 g/mol. The molecule has 156 valence electrons. The number of ether oxygens (including phenoxy) is 1. The van der Waals surface area contributed by atoms with Crippen molar-refractivity contribution in [2.45, 2.75) is 25.2 Å². The van der Waals surface area contributed by atoms with Gasteiger partial charge in [0.25, 0.3) is 5.91 Å². The highest BCUT2D eigenvalue weighted by Gasteiger charge is 2.17. The molecule has 0 saturated carbocycles. The molecule has 7 heteroatoms. The molecule has 3 aromatic rings. The molecule has 2 aromatic heterocycles. The van der Waals surface area contributed by atoms with E-state index in [0.717, 1.165) is 36.7 Å². The Labute approximate surface area is 176 Å². The summed E-state index contributed by atoms with van der Waals surface area (Å²) in [6.07, 6.45) is 4.78. The van der Waals surface area contributed by atoms with Gasteiger partial charge in [-0.3, -0.25) is 4.79 Å². The number of aromatic nitrogens is 2. The number of nitrogens with zero attached hydrogens (tertiary/aromatic N) is 3. The van der Waals surface area contributed by atoms with Gasteiger partial charge in [0.2, 0.25) is 5.88 Å². The van der Waals surface area contributed by atoms with Crippen LogP contribution in [0.25, 0.3) is 0 Å². The van der Waals surface area contributed by atoms with Gasteiger partial charge in [-0.2, -0.15) is 0 Å². The van der Waals surface area contributed by atoms with Crippen LogP contribution in [0.5, 0.6) is 5.88 Å². The fraction of sp³-hybridized carbons (Fsp3) is 0.348. The fourth-order valence-corrected chi connectivity index (χ4v) is 3.70. The number of carbonyl (C=O) groups excluding carboxylic acids is 1. The van der Waals surface area contributed by atoms with E-state index >= 15 is 0 Å². The topological polar surface area (TPSA) is 80.5 Å². The second-order valence-corrected chi connectivity index (χ2v) is 7.33. The molecule has 3 heterocycles. The molecule has 1 saturated heterocycles. The molecule has 0 radical (unpaired) electrons. The molecule has 1 N–H and O–H groups in total. The Balaban J connectivity index is 1.24. The van der Waals surface area contributed by atoms with E-state index in [-0.39, 0.29) is 18.4 Å². The first kappa shape index (κ1) is 19.9. The molecule has 0 spiro atoms. The highest BCUT2D eigenvalue weighted by atomic mass is 16.5. The average Bonchev–Trinajstić information content (AvgIpc) is 3.51. The lowest BCUT2D eigenvalue weighted by molar-refractivity contribution is -0.123. The van der Waals surface area contributed by atoms with Crippen LogP contribution >= 0.6 is 0 Å². The number of benzene rings is 1. The van der Waals surface area contributed by atoms with E-state index in [2.05, 4.69) is 32.5 Å². The zero-order valence-electron chi connectivity index (χ0n) is 16.9. The molecule has 4 rings (SSSR count). The van der Waals surface area contributed by atoms with Crippen molar-refractivity contribution in [2.24, 2.45) is 0 Å². The Hall–Kier alpha value is -3.35. The summed E-state index contributed by atoms with van der Waals surface area (Å²) in [6.45, 7) is 2.45. The molecule has 1 atom stereocenters. The summed E-state index contributed by atoms with van der Waals surface area (Å²) in [6, 6.07) is 17.6. The van der Waals surface area contributed by atoms with Crippen molar-refractivity contribution in [3.8, 4) is 5.88 Å². The standard InChI is InChI=1S/C23H26N4O3/c28-22(17-30-23-11-10-21(25-26-23)27-14-4-5-15-27)24-13-12-19(20-9-6-16-29-20)18-7-2-1-3-8-18/h1-3,6-11,16,19H,4-5,12-15,17H2,(H,24,28)/t19-/m0/s1. The molecule has 1 fully saturated rings. The molecule has 1 aromatic carbocycles. The van der Waals surface area contributed by atoms with Crippen molar-refractivity contribution in [1.82, 2.24) is 15.5 Å². The number of furan rings is 1. The molecule has 30 heavy (non-hydrogen) atoms. The predicted octanol–water partition coefficient (Wildman–Crippen LogP) is 3.39. The van der Waals surface area contributed by atoms with Gasteiger partial charge in [0.05, 0.1) is 6.26 Å². The smallest absolute Gasteiger partial charge is 0.258 e. The maximum absolute atomic E-state index is 12.2. The predicted molar refractivity (Wildman–Crippen MR) is 114 cm³/mol. The van der Waals surface area contributed by atoms with Crippen molar-refractivity contribution in [1.29, 1.82) is 0 Å². The summed E-state index contributed by atoms with van der Waals surface area (Å²) < 4.78 is 11.1. The number of anilines is 1. The summed E-state index contributed by atoms with van der Waals surface area (Å²) >= 11 is 0. The van der Waals surface area contributed by atoms with E-state index in [1.54, 1.807) is 12.3 Å². The summed E-state index contributed by atoms with van der Waals surface area (Å²) in [4.78, 5) is 14.4. The lowest BCUT2D eigenvalue weighted by atomic mass is 9.93. The van der Waals surface area contributed by atoms with E-state index in [1.165, 1.54) is 12.8 Å². The summed E-state index contributed by atoms with van der Waals surface area (Å²) in [7, 11) is 0. The number of rotatable bonds is 9. The maximum Gasteiger partial charge on any atom is 0.258 e. The molecule has 1 aliphatic rings. The zero-order chi connectivity index (χ0) is 20.6. The highest BCUT2D eigenvalue weighted by Crippen LogP contribution is 2.27. The summed E-state index contributed by atoms with van der Waals surface area (Å²) in [5.41, 5.74) is 1.16. The van der Waals surface area contributed by atoms with E-state index in [1.807, 2.05) is 36.4 Å². The SMILES string of the molecule is O=C(COc1ccc(N2CCCC2)nn1)NCC[C@@H](c1ccccc1)c1ccco1. The third kappa shape index (κ3) is 5.17. The number of hydrogen-bond acceptors (Lipinski definition) is 6. The van der Waals surface area contributed by atoms with Crippen LogP contribution in [0.2, 0.25) is 0 Å². The van der Waals surface area contributed by atoms with Crippen LogP contribution in [0.1, 0.15) is 36.5 Å². The molecule has 1 amide bonds. The molecule has 0 bridgehead atoms. The monoisotopic (exact) mass is 406 g/mol. The van der Waals surface area contributed by atoms with Crippen molar-refractivity contribution >= 4 is 11.7 Å². The summed E-state index contributed by atoms with van der Waals surface area (Å²) in [5.74, 6) is 2.00. The van der Waals surface area contributed by atoms with Crippen LogP contribution in [0, 0.1) is 0 Å². The van der Waals surface area contributed by atoms with Gasteiger partial charge in [-0.05, 0) is 43.0 Å². The Morgan fingerprint density at radius 1 is 1.07 bits per heavy atom. The van der Waals surface area contributed by atoms with Crippen molar-refractivity contribution in [2.75, 3.05) is 31.1 Å². The first-order chi connectivity index (χ1) is 14.8. The Morgan fingerprint density at radius 2 is 1.90 bits per heavy atom. The van der Waals surface area contributed by atoms with Gasteiger partial charge in [-0.1, -0.05) is 30.3 Å². The normalized spacial score (nSPS) is 14.5. The van der Waals surface area contributed by atoms with Gasteiger partial charge in [-0.25, -0.2) is 0 Å². The van der Waals surface area contributed by atoms with Gasteiger partial charge in [0, 0.05) is 31.6 Å². The summed E-state index contributed by atoms with van der Waals surface area (Å²) in [5, 5.41) is 11.2. The molecular formula is C23H26N4O3. The third-order valence-corrected chi connectivity index (χ3v) is 5.25. The number of nitrogens with one attached hydrogen (secondary N) is 1. The van der Waals surface area contributed by atoms with Crippen LogP contribution in [0.4, 0.5) is 5.82 Å². The lowest BCUT2D eigenvalue weighted by Gasteiger charge is -2.16. The van der Waals surface area contributed by atoms with Crippen LogP contribution in [-0.2, 0) is 4.79 Å². The van der Waals surface area contributed by atoms with E-state index in [9.17, 15) is 4.79 Å². The van der Waals surface area contributed by atoms with Crippen molar-refractivity contribution in [3.05, 3.63) is 72.2 Å². The minimum absolute atomic E-state index is 0.0888. The molecule has 0 aliphatic carbocycles. The van der Waals surface area contributed by atoms with Crippen LogP contribution in [0.3, 0.4) is 0 Å². The minimum Gasteiger partial charge on any atom is -0.469 e. The Morgan fingerprint density at radius 3 is 2.60 bits per heavy atom. The maximum atomic E-state index is 12.2. The van der Waals surface area contributed by atoms with Gasteiger partial charge in [0.15, 0.2) is 12.4 Å². The van der Waals surface area contributed by atoms with Crippen molar-refractivity contribution in [3.63, 3.8) is 0 Å². The highest BCUT2D eigenvalue weighted by molar-refractivity contribution is 5.77. The first-order valence-electron chi connectivity index (χ1n) is 10.4. The van der Waals surface area contributed by atoms with Gasteiger partial charge >= 0.3 is 0 Å². The molecule has 0 unspecified atom stereocenters.